The van der Waals surface area contributed by atoms with Crippen LogP contribution in [0.1, 0.15) is 168 Å². The minimum atomic E-state index is -4.39. The summed E-state index contributed by atoms with van der Waals surface area (Å²) in [6, 6.07) is 0. The lowest BCUT2D eigenvalue weighted by Crippen LogP contribution is -2.29. The molecule has 0 aromatic carbocycles. The van der Waals surface area contributed by atoms with Crippen molar-refractivity contribution in [2.45, 2.75) is 174 Å². The SMILES string of the molecule is CCCCC/C=C/C/C=C/CCCCCCCC(=O)OC[C@H](COP(=O)(O)OCCN)OC(=O)CCC/C=C/C/C=C/C/C=C/CCCCCCCC. The Labute approximate surface area is 323 Å². The molecular weight excluding hydrogens is 689 g/mol. The highest BCUT2D eigenvalue weighted by atomic mass is 31.2. The zero-order valence-corrected chi connectivity index (χ0v) is 34.4. The van der Waals surface area contributed by atoms with Gasteiger partial charge in [0.1, 0.15) is 6.61 Å². The number of esters is 2. The van der Waals surface area contributed by atoms with Gasteiger partial charge in [0.05, 0.1) is 13.2 Å². The van der Waals surface area contributed by atoms with E-state index in [-0.39, 0.29) is 32.6 Å². The molecule has 1 unspecified atom stereocenters. The predicted octanol–water partition coefficient (Wildman–Crippen LogP) is 11.7. The number of rotatable bonds is 38. The van der Waals surface area contributed by atoms with Crippen molar-refractivity contribution >= 4 is 19.8 Å². The van der Waals surface area contributed by atoms with Gasteiger partial charge in [-0.3, -0.25) is 18.6 Å². The smallest absolute Gasteiger partial charge is 0.462 e. The first-order chi connectivity index (χ1) is 25.8. The third-order valence-corrected chi connectivity index (χ3v) is 9.36. The highest BCUT2D eigenvalue weighted by molar-refractivity contribution is 7.47. The Bertz CT molecular complexity index is 1050. The molecule has 0 rings (SSSR count). The van der Waals surface area contributed by atoms with Gasteiger partial charge in [0.25, 0.3) is 0 Å². The summed E-state index contributed by atoms with van der Waals surface area (Å²) in [6.07, 6.45) is 45.4. The molecule has 0 spiro atoms. The maximum atomic E-state index is 12.5. The maximum Gasteiger partial charge on any atom is 0.472 e. The average molecular weight is 766 g/mol. The number of carbonyl (C=O) groups excluding carboxylic acids is 2. The first-order valence-corrected chi connectivity index (χ1v) is 22.3. The van der Waals surface area contributed by atoms with E-state index in [2.05, 4.69) is 68.5 Å². The molecular formula is C43H76NO8P. The zero-order chi connectivity index (χ0) is 38.9. The van der Waals surface area contributed by atoms with Gasteiger partial charge in [-0.05, 0) is 77.0 Å². The molecule has 2 atom stereocenters. The van der Waals surface area contributed by atoms with E-state index < -0.39 is 32.5 Å². The predicted molar refractivity (Wildman–Crippen MR) is 219 cm³/mol. The van der Waals surface area contributed by atoms with Gasteiger partial charge in [0, 0.05) is 19.4 Å². The van der Waals surface area contributed by atoms with Crippen LogP contribution in [-0.2, 0) is 32.7 Å². The minimum absolute atomic E-state index is 0.0412. The Morgan fingerprint density at radius 2 is 1.00 bits per heavy atom. The highest BCUT2D eigenvalue weighted by Crippen LogP contribution is 2.43. The number of allylic oxidation sites excluding steroid dienone is 10. The van der Waals surface area contributed by atoms with Crippen LogP contribution in [0.4, 0.5) is 0 Å². The molecule has 306 valence electrons. The van der Waals surface area contributed by atoms with Gasteiger partial charge in [-0.2, -0.15) is 0 Å². The molecule has 0 aromatic heterocycles. The van der Waals surface area contributed by atoms with Gasteiger partial charge < -0.3 is 20.1 Å². The quantitative estimate of drug-likeness (QED) is 0.0272. The Balaban J connectivity index is 4.31. The fourth-order valence-corrected chi connectivity index (χ4v) is 6.03. The maximum absolute atomic E-state index is 12.5. The van der Waals surface area contributed by atoms with Crippen LogP contribution >= 0.6 is 7.82 Å². The van der Waals surface area contributed by atoms with E-state index in [0.717, 1.165) is 57.8 Å². The van der Waals surface area contributed by atoms with Crippen LogP contribution in [0, 0.1) is 0 Å². The lowest BCUT2D eigenvalue weighted by molar-refractivity contribution is -0.161. The first-order valence-electron chi connectivity index (χ1n) is 20.8. The van der Waals surface area contributed by atoms with Gasteiger partial charge in [-0.25, -0.2) is 4.57 Å². The Morgan fingerprint density at radius 3 is 1.55 bits per heavy atom. The van der Waals surface area contributed by atoms with E-state index >= 15 is 0 Å². The molecule has 0 fully saturated rings. The van der Waals surface area contributed by atoms with Gasteiger partial charge in [0.15, 0.2) is 6.10 Å². The molecule has 0 aliphatic rings. The van der Waals surface area contributed by atoms with Crippen molar-refractivity contribution in [3.05, 3.63) is 60.8 Å². The summed E-state index contributed by atoms with van der Waals surface area (Å²) in [7, 11) is -4.39. The molecule has 0 radical (unpaired) electrons. The van der Waals surface area contributed by atoms with Crippen molar-refractivity contribution in [2.75, 3.05) is 26.4 Å². The van der Waals surface area contributed by atoms with Crippen LogP contribution in [0.25, 0.3) is 0 Å². The van der Waals surface area contributed by atoms with E-state index in [1.165, 1.54) is 64.2 Å². The standard InChI is InChI=1S/C43H76NO8P/c1-3-5-7-9-11-13-15-17-19-20-22-24-26-28-30-32-34-36-43(46)52-41(40-51-53(47,48)50-38-37-44)39-49-42(45)35-33-31-29-27-25-23-21-18-16-14-12-10-8-6-4-2/h12,14,17-19,21-22,24,28,30,41H,3-11,13,15-16,20,23,25-27,29,31-40,44H2,1-2H3,(H,47,48)/b14-12+,19-17+,21-18+,24-22+,30-28+/t41-/m1/s1. The zero-order valence-electron chi connectivity index (χ0n) is 33.5. The number of hydrogen-bond acceptors (Lipinski definition) is 8. The van der Waals surface area contributed by atoms with Crippen LogP contribution in [0.3, 0.4) is 0 Å². The van der Waals surface area contributed by atoms with Gasteiger partial charge in [-0.1, -0.05) is 139 Å². The number of carbonyl (C=O) groups is 2. The van der Waals surface area contributed by atoms with E-state index in [4.69, 9.17) is 24.3 Å². The van der Waals surface area contributed by atoms with E-state index in [0.29, 0.717) is 19.3 Å². The summed E-state index contributed by atoms with van der Waals surface area (Å²) in [5.74, 6) is -0.910. The van der Waals surface area contributed by atoms with E-state index in [1.54, 1.807) is 0 Å². The molecule has 0 bridgehead atoms. The fraction of sp³-hybridized carbons (Fsp3) is 0.721. The molecule has 0 heterocycles. The lowest BCUT2D eigenvalue weighted by atomic mass is 10.1. The monoisotopic (exact) mass is 766 g/mol. The van der Waals surface area contributed by atoms with Crippen LogP contribution in [-0.4, -0.2) is 49.3 Å². The number of phosphoric ester groups is 1. The van der Waals surface area contributed by atoms with Gasteiger partial charge in [0.2, 0.25) is 0 Å². The van der Waals surface area contributed by atoms with E-state index in [9.17, 15) is 19.0 Å². The number of hydrogen-bond donors (Lipinski definition) is 2. The Hall–Kier alpha value is -2.29. The van der Waals surface area contributed by atoms with Crippen molar-refractivity contribution in [3.8, 4) is 0 Å². The van der Waals surface area contributed by atoms with Crippen molar-refractivity contribution in [1.82, 2.24) is 0 Å². The number of phosphoric acid groups is 1. The summed E-state index contributed by atoms with van der Waals surface area (Å²) in [4.78, 5) is 34.8. The van der Waals surface area contributed by atoms with Crippen LogP contribution in [0.15, 0.2) is 60.8 Å². The van der Waals surface area contributed by atoms with Crippen molar-refractivity contribution in [1.29, 1.82) is 0 Å². The molecule has 0 aliphatic heterocycles. The largest absolute Gasteiger partial charge is 0.472 e. The van der Waals surface area contributed by atoms with Crippen molar-refractivity contribution in [3.63, 3.8) is 0 Å². The van der Waals surface area contributed by atoms with Crippen molar-refractivity contribution < 1.29 is 37.6 Å². The molecule has 0 aliphatic carbocycles. The summed E-state index contributed by atoms with van der Waals surface area (Å²) in [5.41, 5.74) is 5.33. The fourth-order valence-electron chi connectivity index (χ4n) is 5.27. The van der Waals surface area contributed by atoms with Gasteiger partial charge >= 0.3 is 19.8 Å². The third kappa shape index (κ3) is 39.2. The molecule has 0 amide bonds. The van der Waals surface area contributed by atoms with E-state index in [1.807, 2.05) is 6.08 Å². The normalized spacial score (nSPS) is 14.0. The topological polar surface area (TPSA) is 134 Å². The summed E-state index contributed by atoms with van der Waals surface area (Å²) >= 11 is 0. The second-order valence-corrected chi connectivity index (χ2v) is 14.9. The van der Waals surface area contributed by atoms with Crippen LogP contribution in [0.5, 0.6) is 0 Å². The van der Waals surface area contributed by atoms with Crippen LogP contribution in [0.2, 0.25) is 0 Å². The Morgan fingerprint density at radius 1 is 0.566 bits per heavy atom. The second-order valence-electron chi connectivity index (χ2n) is 13.5. The molecule has 0 saturated carbocycles. The number of nitrogens with two attached hydrogens (primary N) is 1. The summed E-state index contributed by atoms with van der Waals surface area (Å²) < 4.78 is 32.6. The first kappa shape index (κ1) is 50.7. The highest BCUT2D eigenvalue weighted by Gasteiger charge is 2.25. The molecule has 3 N–H and O–H groups in total. The molecule has 0 aromatic rings. The molecule has 53 heavy (non-hydrogen) atoms. The minimum Gasteiger partial charge on any atom is -0.462 e. The van der Waals surface area contributed by atoms with Gasteiger partial charge in [-0.15, -0.1) is 0 Å². The molecule has 10 heteroatoms. The summed E-state index contributed by atoms with van der Waals surface area (Å²) in [5, 5.41) is 0. The average Bonchev–Trinajstić information content (AvgIpc) is 3.14. The third-order valence-electron chi connectivity index (χ3n) is 8.38. The lowest BCUT2D eigenvalue weighted by Gasteiger charge is -2.19. The van der Waals surface area contributed by atoms with Crippen molar-refractivity contribution in [2.24, 2.45) is 5.73 Å². The second kappa shape index (κ2) is 39.4. The summed E-state index contributed by atoms with van der Waals surface area (Å²) in [6.45, 7) is 3.61. The van der Waals surface area contributed by atoms with Crippen LogP contribution < -0.4 is 5.73 Å². The molecule has 0 saturated heterocycles. The number of unbranched alkanes of at least 4 members (excludes halogenated alkanes) is 15. The number of ether oxygens (including phenoxy) is 2. The Kier molecular flexibility index (Phi) is 37.7. The molecule has 9 nitrogen and oxygen atoms in total.